The molecule has 1 aliphatic heterocycles. The van der Waals surface area contributed by atoms with Crippen LogP contribution in [0.2, 0.25) is 0 Å². The highest BCUT2D eigenvalue weighted by atomic mass is 16.5. The third kappa shape index (κ3) is 4.17. The zero-order valence-electron chi connectivity index (χ0n) is 18.8. The number of carbonyl (C=O) groups is 2. The molecule has 0 atom stereocenters. The minimum Gasteiger partial charge on any atom is -0.493 e. The molecule has 7 heteroatoms. The van der Waals surface area contributed by atoms with E-state index in [0.717, 1.165) is 5.69 Å². The predicted octanol–water partition coefficient (Wildman–Crippen LogP) is 3.91. The van der Waals surface area contributed by atoms with Crippen molar-refractivity contribution < 1.29 is 19.1 Å². The Morgan fingerprint density at radius 2 is 1.61 bits per heavy atom. The van der Waals surface area contributed by atoms with E-state index in [2.05, 4.69) is 4.98 Å². The molecule has 2 amide bonds. The zero-order valence-corrected chi connectivity index (χ0v) is 18.8. The second-order valence-corrected chi connectivity index (χ2v) is 7.39. The Bertz CT molecular complexity index is 1190. The molecule has 4 rings (SSSR count). The standard InChI is InChI=1S/C26H25N3O4/c1-4-28(20-11-6-5-7-12-20)24-23(18-13-14-21(32-2)22(16-18)33-3)25(30)29(26(24)31)17-19-10-8-9-15-27-19/h5-16H,4,17H2,1-3H3. The average Bonchev–Trinajstić information content (AvgIpc) is 3.10. The van der Waals surface area contributed by atoms with Gasteiger partial charge >= 0.3 is 0 Å². The fourth-order valence-corrected chi connectivity index (χ4v) is 3.94. The number of hydrogen-bond donors (Lipinski definition) is 0. The number of imide groups is 1. The number of nitrogens with zero attached hydrogens (tertiary/aromatic N) is 3. The van der Waals surface area contributed by atoms with Gasteiger partial charge in [0.05, 0.1) is 32.0 Å². The molecular weight excluding hydrogens is 418 g/mol. The lowest BCUT2D eigenvalue weighted by Gasteiger charge is -2.25. The molecule has 0 radical (unpaired) electrons. The number of carbonyl (C=O) groups excluding carboxylic acids is 2. The van der Waals surface area contributed by atoms with E-state index in [1.807, 2.05) is 48.2 Å². The number of amides is 2. The fraction of sp³-hybridized carbons (Fsp3) is 0.192. The number of para-hydroxylation sites is 1. The molecule has 1 aromatic heterocycles. The van der Waals surface area contributed by atoms with Crippen molar-refractivity contribution in [2.45, 2.75) is 13.5 Å². The Balaban J connectivity index is 1.86. The van der Waals surface area contributed by atoms with E-state index in [1.165, 1.54) is 12.0 Å². The first-order valence-corrected chi connectivity index (χ1v) is 10.6. The molecule has 0 aliphatic carbocycles. The van der Waals surface area contributed by atoms with Crippen LogP contribution in [0.15, 0.2) is 78.6 Å². The minimum absolute atomic E-state index is 0.0884. The van der Waals surface area contributed by atoms with Gasteiger partial charge in [0.2, 0.25) is 0 Å². The number of pyridine rings is 1. The van der Waals surface area contributed by atoms with Gasteiger partial charge in [0.25, 0.3) is 11.8 Å². The van der Waals surface area contributed by atoms with Crippen LogP contribution < -0.4 is 14.4 Å². The van der Waals surface area contributed by atoms with Crippen molar-refractivity contribution in [3.05, 3.63) is 89.9 Å². The van der Waals surface area contributed by atoms with Crippen LogP contribution in [0, 0.1) is 0 Å². The Labute approximate surface area is 192 Å². The van der Waals surface area contributed by atoms with E-state index in [9.17, 15) is 9.59 Å². The van der Waals surface area contributed by atoms with E-state index >= 15 is 0 Å². The number of anilines is 1. The second-order valence-electron chi connectivity index (χ2n) is 7.39. The molecule has 33 heavy (non-hydrogen) atoms. The Morgan fingerprint density at radius 3 is 2.24 bits per heavy atom. The third-order valence-electron chi connectivity index (χ3n) is 5.52. The summed E-state index contributed by atoms with van der Waals surface area (Å²) in [6, 6.07) is 20.2. The summed E-state index contributed by atoms with van der Waals surface area (Å²) in [6.45, 7) is 2.54. The first-order chi connectivity index (χ1) is 16.1. The maximum atomic E-state index is 13.7. The molecular formula is C26H25N3O4. The number of ether oxygens (including phenoxy) is 2. The lowest BCUT2D eigenvalue weighted by atomic mass is 10.0. The summed E-state index contributed by atoms with van der Waals surface area (Å²) in [5.74, 6) is 0.289. The minimum atomic E-state index is -0.373. The molecule has 0 saturated carbocycles. The quantitative estimate of drug-likeness (QED) is 0.492. The highest BCUT2D eigenvalue weighted by Gasteiger charge is 2.42. The van der Waals surface area contributed by atoms with Crippen LogP contribution in [0.3, 0.4) is 0 Å². The maximum Gasteiger partial charge on any atom is 0.278 e. The van der Waals surface area contributed by atoms with E-state index in [1.54, 1.807) is 43.6 Å². The molecule has 0 N–H and O–H groups in total. The van der Waals surface area contributed by atoms with Gasteiger partial charge in [0, 0.05) is 18.4 Å². The van der Waals surface area contributed by atoms with Crippen LogP contribution in [0.5, 0.6) is 11.5 Å². The number of likely N-dealkylation sites (N-methyl/N-ethyl adjacent to an activating group) is 1. The Hall–Kier alpha value is -4.13. The molecule has 0 bridgehead atoms. The molecule has 0 saturated heterocycles. The topological polar surface area (TPSA) is 72.0 Å². The highest BCUT2D eigenvalue weighted by molar-refractivity contribution is 6.36. The lowest BCUT2D eigenvalue weighted by Crippen LogP contribution is -2.35. The zero-order chi connectivity index (χ0) is 23.4. The number of hydrogen-bond acceptors (Lipinski definition) is 6. The number of rotatable bonds is 8. The lowest BCUT2D eigenvalue weighted by molar-refractivity contribution is -0.137. The van der Waals surface area contributed by atoms with Crippen LogP contribution in [0.25, 0.3) is 5.57 Å². The molecule has 2 heterocycles. The Morgan fingerprint density at radius 1 is 0.879 bits per heavy atom. The molecule has 1 aliphatic rings. The number of methoxy groups -OCH3 is 2. The monoisotopic (exact) mass is 443 g/mol. The van der Waals surface area contributed by atoms with Gasteiger partial charge in [0.15, 0.2) is 11.5 Å². The number of aromatic nitrogens is 1. The first kappa shape index (κ1) is 22.1. The first-order valence-electron chi connectivity index (χ1n) is 10.6. The van der Waals surface area contributed by atoms with Crippen LogP contribution in [-0.4, -0.2) is 42.5 Å². The van der Waals surface area contributed by atoms with Crippen molar-refractivity contribution in [1.29, 1.82) is 0 Å². The Kier molecular flexibility index (Phi) is 6.40. The van der Waals surface area contributed by atoms with Gasteiger partial charge in [-0.05, 0) is 48.9 Å². The summed E-state index contributed by atoms with van der Waals surface area (Å²) >= 11 is 0. The van der Waals surface area contributed by atoms with Gasteiger partial charge < -0.3 is 14.4 Å². The smallest absolute Gasteiger partial charge is 0.278 e. The maximum absolute atomic E-state index is 13.7. The SMILES string of the molecule is CCN(C1=C(c2ccc(OC)c(OC)c2)C(=O)N(Cc2ccccn2)C1=O)c1ccccc1. The van der Waals surface area contributed by atoms with Gasteiger partial charge in [-0.2, -0.15) is 0 Å². The van der Waals surface area contributed by atoms with Gasteiger partial charge in [-0.25, -0.2) is 0 Å². The van der Waals surface area contributed by atoms with E-state index in [4.69, 9.17) is 9.47 Å². The summed E-state index contributed by atoms with van der Waals surface area (Å²) in [4.78, 5) is 34.7. The van der Waals surface area contributed by atoms with Crippen molar-refractivity contribution in [3.63, 3.8) is 0 Å². The van der Waals surface area contributed by atoms with Crippen LogP contribution in [-0.2, 0) is 16.1 Å². The molecule has 7 nitrogen and oxygen atoms in total. The summed E-state index contributed by atoms with van der Waals surface area (Å²) in [6.07, 6.45) is 1.65. The van der Waals surface area contributed by atoms with Crippen LogP contribution in [0.1, 0.15) is 18.2 Å². The van der Waals surface area contributed by atoms with Crippen molar-refractivity contribution in [1.82, 2.24) is 9.88 Å². The van der Waals surface area contributed by atoms with Gasteiger partial charge in [-0.3, -0.25) is 19.5 Å². The van der Waals surface area contributed by atoms with E-state index in [0.29, 0.717) is 40.6 Å². The fourth-order valence-electron chi connectivity index (χ4n) is 3.94. The summed E-state index contributed by atoms with van der Waals surface area (Å²) in [7, 11) is 3.09. The summed E-state index contributed by atoms with van der Waals surface area (Å²) in [5.41, 5.74) is 2.70. The molecule has 168 valence electrons. The van der Waals surface area contributed by atoms with E-state index < -0.39 is 0 Å². The van der Waals surface area contributed by atoms with Crippen LogP contribution in [0.4, 0.5) is 5.69 Å². The summed E-state index contributed by atoms with van der Waals surface area (Å²) < 4.78 is 10.8. The molecule has 2 aromatic carbocycles. The van der Waals surface area contributed by atoms with Crippen molar-refractivity contribution in [2.75, 3.05) is 25.7 Å². The molecule has 0 fully saturated rings. The normalized spacial score (nSPS) is 13.5. The number of benzene rings is 2. The van der Waals surface area contributed by atoms with Gasteiger partial charge in [-0.15, -0.1) is 0 Å². The molecule has 3 aromatic rings. The third-order valence-corrected chi connectivity index (χ3v) is 5.52. The van der Waals surface area contributed by atoms with Crippen molar-refractivity contribution in [3.8, 4) is 11.5 Å². The molecule has 0 unspecified atom stereocenters. The van der Waals surface area contributed by atoms with Crippen LogP contribution >= 0.6 is 0 Å². The average molecular weight is 444 g/mol. The van der Waals surface area contributed by atoms with Crippen molar-refractivity contribution >= 4 is 23.1 Å². The van der Waals surface area contributed by atoms with Gasteiger partial charge in [0.1, 0.15) is 5.70 Å². The highest BCUT2D eigenvalue weighted by Crippen LogP contribution is 2.38. The predicted molar refractivity (Wildman–Crippen MR) is 126 cm³/mol. The van der Waals surface area contributed by atoms with Crippen molar-refractivity contribution in [2.24, 2.45) is 0 Å². The largest absolute Gasteiger partial charge is 0.493 e. The molecule has 0 spiro atoms. The second kappa shape index (κ2) is 9.56. The van der Waals surface area contributed by atoms with Gasteiger partial charge in [-0.1, -0.05) is 30.3 Å². The summed E-state index contributed by atoms with van der Waals surface area (Å²) in [5, 5.41) is 0. The van der Waals surface area contributed by atoms with E-state index in [-0.39, 0.29) is 18.4 Å².